The van der Waals surface area contributed by atoms with Crippen LogP contribution in [-0.2, 0) is 11.2 Å². The third kappa shape index (κ3) is 1.68. The molecule has 0 radical (unpaired) electrons. The van der Waals surface area contributed by atoms with Gasteiger partial charge in [-0.3, -0.25) is 4.79 Å². The summed E-state index contributed by atoms with van der Waals surface area (Å²) in [7, 11) is 0. The van der Waals surface area contributed by atoms with Crippen LogP contribution in [-0.4, -0.2) is 16.0 Å². The van der Waals surface area contributed by atoms with Crippen LogP contribution in [0.4, 0.5) is 0 Å². The summed E-state index contributed by atoms with van der Waals surface area (Å²) in [6, 6.07) is 9.31. The van der Waals surface area contributed by atoms with Gasteiger partial charge in [0.25, 0.3) is 0 Å². The molecule has 0 aliphatic heterocycles. The summed E-state index contributed by atoms with van der Waals surface area (Å²) in [6.07, 6.45) is 3.41. The summed E-state index contributed by atoms with van der Waals surface area (Å²) in [6.45, 7) is 3.89. The van der Waals surface area contributed by atoms with Gasteiger partial charge in [0.2, 0.25) is 5.78 Å². The zero-order valence-corrected chi connectivity index (χ0v) is 13.2. The molecule has 2 aromatic rings. The topological polar surface area (TPSA) is 57.5 Å². The number of carbonyl (C=O) groups excluding carboxylic acids is 1. The minimum Gasteiger partial charge on any atom is -0.508 e. The molecule has 1 atom stereocenters. The molecule has 0 unspecified atom stereocenters. The van der Waals surface area contributed by atoms with E-state index in [1.165, 1.54) is 0 Å². The second kappa shape index (κ2) is 4.48. The number of fused-ring (bicyclic) bond motifs is 5. The van der Waals surface area contributed by atoms with Gasteiger partial charge in [-0.05, 0) is 53.8 Å². The first-order valence-electron chi connectivity index (χ1n) is 7.87. The Kier molecular flexibility index (Phi) is 2.74. The zero-order valence-electron chi connectivity index (χ0n) is 13.2. The monoisotopic (exact) mass is 306 g/mol. The number of phenolic OH excluding ortho intramolecular Hbond substituents is 1. The maximum atomic E-state index is 12.4. The molecule has 23 heavy (non-hydrogen) atoms. The van der Waals surface area contributed by atoms with E-state index in [4.69, 9.17) is 0 Å². The maximum Gasteiger partial charge on any atom is 0.224 e. The van der Waals surface area contributed by atoms with E-state index in [0.717, 1.165) is 40.3 Å². The Morgan fingerprint density at radius 2 is 1.91 bits per heavy atom. The van der Waals surface area contributed by atoms with E-state index in [0.29, 0.717) is 5.57 Å². The highest BCUT2D eigenvalue weighted by Gasteiger charge is 2.49. The highest BCUT2D eigenvalue weighted by molar-refractivity contribution is 6.19. The van der Waals surface area contributed by atoms with E-state index >= 15 is 0 Å². The molecule has 2 aliphatic rings. The van der Waals surface area contributed by atoms with Crippen molar-refractivity contribution in [2.45, 2.75) is 26.7 Å². The fourth-order valence-electron chi connectivity index (χ4n) is 4.27. The van der Waals surface area contributed by atoms with Crippen molar-refractivity contribution in [3.63, 3.8) is 0 Å². The fourth-order valence-corrected chi connectivity index (χ4v) is 4.27. The van der Waals surface area contributed by atoms with Gasteiger partial charge in [-0.1, -0.05) is 31.2 Å². The lowest BCUT2D eigenvalue weighted by atomic mass is 9.67. The number of carbonyl (C=O) groups is 1. The highest BCUT2D eigenvalue weighted by atomic mass is 16.3. The quantitative estimate of drug-likeness (QED) is 0.714. The second-order valence-electron chi connectivity index (χ2n) is 6.58. The standard InChI is InChI=1S/C20H18O3/c1-3-16-18(22)19(23)17-14-7-5-11-4-6-12(21)10-15(11)13(14)8-9-20(16,17)2/h3-7,10,21,23H,8-9H2,1-2H3/b16-3-/t20-/m1/s1. The van der Waals surface area contributed by atoms with Crippen molar-refractivity contribution in [3.8, 4) is 5.75 Å². The maximum absolute atomic E-state index is 12.4. The molecule has 3 nitrogen and oxygen atoms in total. The average molecular weight is 306 g/mol. The number of phenols is 1. The molecular weight excluding hydrogens is 288 g/mol. The molecule has 0 saturated carbocycles. The van der Waals surface area contributed by atoms with Crippen molar-refractivity contribution >= 4 is 22.1 Å². The molecule has 2 aromatic carbocycles. The molecule has 0 amide bonds. The van der Waals surface area contributed by atoms with E-state index in [-0.39, 0.29) is 17.3 Å². The Morgan fingerprint density at radius 3 is 2.65 bits per heavy atom. The predicted octanol–water partition coefficient (Wildman–Crippen LogP) is 4.30. The van der Waals surface area contributed by atoms with Crippen LogP contribution in [0.1, 0.15) is 31.4 Å². The Hall–Kier alpha value is -2.55. The minimum absolute atomic E-state index is 0.124. The molecule has 3 heteroatoms. The lowest BCUT2D eigenvalue weighted by molar-refractivity contribution is -0.114. The Balaban J connectivity index is 2.06. The van der Waals surface area contributed by atoms with Crippen molar-refractivity contribution in [1.82, 2.24) is 0 Å². The van der Waals surface area contributed by atoms with E-state index in [1.807, 2.05) is 38.1 Å². The number of rotatable bonds is 0. The summed E-state index contributed by atoms with van der Waals surface area (Å²) >= 11 is 0. The zero-order chi connectivity index (χ0) is 16.4. The van der Waals surface area contributed by atoms with Gasteiger partial charge in [-0.2, -0.15) is 0 Å². The van der Waals surface area contributed by atoms with Gasteiger partial charge in [0.15, 0.2) is 5.76 Å². The Bertz CT molecular complexity index is 933. The van der Waals surface area contributed by atoms with Gasteiger partial charge < -0.3 is 10.2 Å². The first kappa shape index (κ1) is 14.1. The fraction of sp³-hybridized carbons (Fsp3) is 0.250. The van der Waals surface area contributed by atoms with Crippen molar-refractivity contribution in [1.29, 1.82) is 0 Å². The van der Waals surface area contributed by atoms with Crippen LogP contribution in [0.2, 0.25) is 0 Å². The molecule has 4 rings (SSSR count). The van der Waals surface area contributed by atoms with E-state index < -0.39 is 5.41 Å². The number of aliphatic hydroxyl groups excluding tert-OH is 1. The van der Waals surface area contributed by atoms with Crippen LogP contribution in [0.25, 0.3) is 16.3 Å². The average Bonchev–Trinajstić information content (AvgIpc) is 2.73. The number of allylic oxidation sites excluding steroid dienone is 3. The number of aromatic hydroxyl groups is 1. The van der Waals surface area contributed by atoms with Crippen LogP contribution in [0.5, 0.6) is 5.75 Å². The van der Waals surface area contributed by atoms with E-state index in [1.54, 1.807) is 12.1 Å². The number of hydrogen-bond acceptors (Lipinski definition) is 3. The van der Waals surface area contributed by atoms with E-state index in [2.05, 4.69) is 0 Å². The minimum atomic E-state index is -0.423. The van der Waals surface area contributed by atoms with Gasteiger partial charge in [-0.25, -0.2) is 0 Å². The third-order valence-electron chi connectivity index (χ3n) is 5.39. The van der Waals surface area contributed by atoms with Crippen LogP contribution in [0.15, 0.2) is 47.7 Å². The van der Waals surface area contributed by atoms with Crippen LogP contribution < -0.4 is 0 Å². The lowest BCUT2D eigenvalue weighted by Gasteiger charge is -2.35. The Labute approximate surface area is 134 Å². The molecule has 0 saturated heterocycles. The normalized spacial score (nSPS) is 25.1. The largest absolute Gasteiger partial charge is 0.508 e. The van der Waals surface area contributed by atoms with Gasteiger partial charge in [0, 0.05) is 16.6 Å². The van der Waals surface area contributed by atoms with Crippen molar-refractivity contribution in [3.05, 3.63) is 58.9 Å². The predicted molar refractivity (Wildman–Crippen MR) is 90.4 cm³/mol. The SMILES string of the molecule is C/C=C1/C(=O)C(O)=C2c3ccc4ccc(O)cc4c3CC[C@@]21C. The molecule has 0 aromatic heterocycles. The van der Waals surface area contributed by atoms with Crippen molar-refractivity contribution in [2.24, 2.45) is 5.41 Å². The molecule has 2 aliphatic carbocycles. The Morgan fingerprint density at radius 1 is 1.17 bits per heavy atom. The van der Waals surface area contributed by atoms with Gasteiger partial charge in [-0.15, -0.1) is 0 Å². The molecular formula is C20H18O3. The van der Waals surface area contributed by atoms with Gasteiger partial charge in [0.05, 0.1) is 0 Å². The summed E-state index contributed by atoms with van der Waals surface area (Å²) < 4.78 is 0. The molecule has 0 spiro atoms. The van der Waals surface area contributed by atoms with Crippen LogP contribution >= 0.6 is 0 Å². The van der Waals surface area contributed by atoms with Crippen LogP contribution in [0.3, 0.4) is 0 Å². The molecule has 0 heterocycles. The number of hydrogen-bond donors (Lipinski definition) is 2. The molecule has 2 N–H and O–H groups in total. The van der Waals surface area contributed by atoms with Gasteiger partial charge >= 0.3 is 0 Å². The molecule has 116 valence electrons. The summed E-state index contributed by atoms with van der Waals surface area (Å²) in [5, 5.41) is 22.3. The third-order valence-corrected chi connectivity index (χ3v) is 5.39. The first-order chi connectivity index (χ1) is 11.0. The number of aliphatic hydroxyl groups is 1. The summed E-state index contributed by atoms with van der Waals surface area (Å²) in [5.74, 6) is -0.149. The van der Waals surface area contributed by atoms with Crippen LogP contribution in [0, 0.1) is 5.41 Å². The number of ketones is 1. The van der Waals surface area contributed by atoms with Crippen molar-refractivity contribution < 1.29 is 15.0 Å². The summed E-state index contributed by atoms with van der Waals surface area (Å²) in [5.41, 5.74) is 3.03. The smallest absolute Gasteiger partial charge is 0.224 e. The summed E-state index contributed by atoms with van der Waals surface area (Å²) in [4.78, 5) is 12.4. The number of aryl methyl sites for hydroxylation is 1. The van der Waals surface area contributed by atoms with E-state index in [9.17, 15) is 15.0 Å². The first-order valence-corrected chi connectivity index (χ1v) is 7.87. The van der Waals surface area contributed by atoms with Gasteiger partial charge in [0.1, 0.15) is 5.75 Å². The molecule has 0 fully saturated rings. The number of Topliss-reactive ketones (excluding diaryl/α,β-unsaturated/α-hetero) is 1. The lowest BCUT2D eigenvalue weighted by Crippen LogP contribution is -2.25. The van der Waals surface area contributed by atoms with Crippen molar-refractivity contribution in [2.75, 3.05) is 0 Å². The molecule has 0 bridgehead atoms. The highest BCUT2D eigenvalue weighted by Crippen LogP contribution is 2.56. The number of benzene rings is 2. The second-order valence-corrected chi connectivity index (χ2v) is 6.58.